The fraction of sp³-hybridized carbons (Fsp3) is 0.267. The van der Waals surface area contributed by atoms with E-state index in [0.717, 1.165) is 29.0 Å². The van der Waals surface area contributed by atoms with E-state index in [2.05, 4.69) is 16.5 Å². The molecule has 0 amide bonds. The summed E-state index contributed by atoms with van der Waals surface area (Å²) in [6, 6.07) is 7.59. The van der Waals surface area contributed by atoms with Gasteiger partial charge in [0.15, 0.2) is 0 Å². The van der Waals surface area contributed by atoms with Crippen LogP contribution in [-0.2, 0) is 12.3 Å². The summed E-state index contributed by atoms with van der Waals surface area (Å²) in [6.45, 7) is 2.10. The number of hydrogen-bond donors (Lipinski definition) is 0. The Morgan fingerprint density at radius 2 is 2.05 bits per heavy atom. The van der Waals surface area contributed by atoms with E-state index in [9.17, 15) is 0 Å². The highest BCUT2D eigenvalue weighted by Crippen LogP contribution is 2.31. The van der Waals surface area contributed by atoms with Gasteiger partial charge in [-0.15, -0.1) is 11.6 Å². The van der Waals surface area contributed by atoms with Gasteiger partial charge in [0, 0.05) is 12.5 Å². The van der Waals surface area contributed by atoms with E-state index in [1.807, 2.05) is 18.2 Å². The Morgan fingerprint density at radius 1 is 1.29 bits per heavy atom. The van der Waals surface area contributed by atoms with Crippen molar-refractivity contribution in [3.63, 3.8) is 0 Å². The number of hydrogen-bond acceptors (Lipinski definition) is 2. The lowest BCUT2D eigenvalue weighted by Gasteiger charge is -2.16. The molecule has 0 radical (unpaired) electrons. The molecule has 0 saturated carbocycles. The molecule has 3 rings (SSSR count). The zero-order valence-electron chi connectivity index (χ0n) is 11.3. The van der Waals surface area contributed by atoms with Gasteiger partial charge in [-0.25, -0.2) is 4.98 Å². The normalized spacial score (nSPS) is 13.0. The number of nitrogens with zero attached hydrogens (tertiary/aromatic N) is 2. The Bertz CT molecular complexity index is 765. The molecule has 0 N–H and O–H groups in total. The molecule has 3 nitrogen and oxygen atoms in total. The molecule has 0 saturated heterocycles. The van der Waals surface area contributed by atoms with Crippen molar-refractivity contribution >= 4 is 45.8 Å². The minimum absolute atomic E-state index is 0.146. The number of aromatic nitrogens is 2. The highest BCUT2D eigenvalue weighted by Gasteiger charge is 2.18. The SMILES string of the molecule is CC(Cc1ccco1)n1c(CCl)nc2cc(Cl)c(Cl)cc21. The van der Waals surface area contributed by atoms with Gasteiger partial charge in [0.05, 0.1) is 33.2 Å². The van der Waals surface area contributed by atoms with Gasteiger partial charge in [0.2, 0.25) is 0 Å². The number of imidazole rings is 1. The van der Waals surface area contributed by atoms with Gasteiger partial charge in [-0.2, -0.15) is 0 Å². The second kappa shape index (κ2) is 5.91. The van der Waals surface area contributed by atoms with E-state index in [1.165, 1.54) is 0 Å². The number of benzene rings is 1. The minimum atomic E-state index is 0.146. The number of fused-ring (bicyclic) bond motifs is 1. The second-order valence-corrected chi connectivity index (χ2v) is 6.00. The fourth-order valence-electron chi connectivity index (χ4n) is 2.54. The van der Waals surface area contributed by atoms with Crippen LogP contribution in [0.1, 0.15) is 24.6 Å². The quantitative estimate of drug-likeness (QED) is 0.587. The molecular weight excluding hydrogens is 331 g/mol. The van der Waals surface area contributed by atoms with Crippen LogP contribution in [0.25, 0.3) is 11.0 Å². The summed E-state index contributed by atoms with van der Waals surface area (Å²) >= 11 is 18.2. The van der Waals surface area contributed by atoms with Crippen molar-refractivity contribution in [2.24, 2.45) is 0 Å². The number of alkyl halides is 1. The van der Waals surface area contributed by atoms with Gasteiger partial charge < -0.3 is 8.98 Å². The van der Waals surface area contributed by atoms with Gasteiger partial charge in [-0.1, -0.05) is 23.2 Å². The highest BCUT2D eigenvalue weighted by atomic mass is 35.5. The molecule has 21 heavy (non-hydrogen) atoms. The predicted molar refractivity (Wildman–Crippen MR) is 86.4 cm³/mol. The first-order valence-electron chi connectivity index (χ1n) is 6.54. The molecule has 1 atom stereocenters. The van der Waals surface area contributed by atoms with E-state index >= 15 is 0 Å². The molecule has 6 heteroatoms. The third-order valence-corrected chi connectivity index (χ3v) is 4.40. The molecule has 2 aromatic heterocycles. The lowest BCUT2D eigenvalue weighted by molar-refractivity contribution is 0.449. The van der Waals surface area contributed by atoms with Gasteiger partial charge >= 0.3 is 0 Å². The van der Waals surface area contributed by atoms with E-state index in [0.29, 0.717) is 15.9 Å². The van der Waals surface area contributed by atoms with E-state index < -0.39 is 0 Å². The van der Waals surface area contributed by atoms with Crippen LogP contribution < -0.4 is 0 Å². The van der Waals surface area contributed by atoms with Crippen molar-refractivity contribution < 1.29 is 4.42 Å². The first-order chi connectivity index (χ1) is 10.1. The lowest BCUT2D eigenvalue weighted by atomic mass is 10.2. The molecule has 3 aromatic rings. The molecule has 0 aliphatic rings. The van der Waals surface area contributed by atoms with Gasteiger partial charge in [0.1, 0.15) is 11.6 Å². The molecule has 0 fully saturated rings. The van der Waals surface area contributed by atoms with Crippen LogP contribution in [0.3, 0.4) is 0 Å². The maximum absolute atomic E-state index is 6.13. The maximum atomic E-state index is 6.13. The van der Waals surface area contributed by atoms with Gasteiger partial charge in [-0.3, -0.25) is 0 Å². The molecule has 0 spiro atoms. The van der Waals surface area contributed by atoms with Gasteiger partial charge in [-0.05, 0) is 31.2 Å². The van der Waals surface area contributed by atoms with Crippen molar-refractivity contribution in [2.75, 3.05) is 0 Å². The van der Waals surface area contributed by atoms with E-state index in [1.54, 1.807) is 12.3 Å². The Kier molecular flexibility index (Phi) is 4.16. The minimum Gasteiger partial charge on any atom is -0.469 e. The maximum Gasteiger partial charge on any atom is 0.125 e. The molecule has 0 bridgehead atoms. The summed E-state index contributed by atoms with van der Waals surface area (Å²) in [5.74, 6) is 2.04. The first kappa shape index (κ1) is 14.8. The average molecular weight is 344 g/mol. The zero-order chi connectivity index (χ0) is 15.0. The average Bonchev–Trinajstić information content (AvgIpc) is 3.06. The van der Waals surface area contributed by atoms with Crippen molar-refractivity contribution in [1.82, 2.24) is 9.55 Å². The number of halogens is 3. The van der Waals surface area contributed by atoms with E-state index in [4.69, 9.17) is 39.2 Å². The zero-order valence-corrected chi connectivity index (χ0v) is 13.6. The summed E-state index contributed by atoms with van der Waals surface area (Å²) in [6.07, 6.45) is 2.43. The Balaban J connectivity index is 2.09. The van der Waals surface area contributed by atoms with Crippen LogP contribution in [0.4, 0.5) is 0 Å². The van der Waals surface area contributed by atoms with Crippen LogP contribution in [0.5, 0.6) is 0 Å². The van der Waals surface area contributed by atoms with Crippen molar-refractivity contribution in [2.45, 2.75) is 25.3 Å². The highest BCUT2D eigenvalue weighted by molar-refractivity contribution is 6.42. The summed E-state index contributed by atoms with van der Waals surface area (Å²) in [5, 5.41) is 1.00. The number of rotatable bonds is 4. The van der Waals surface area contributed by atoms with Crippen LogP contribution >= 0.6 is 34.8 Å². The summed E-state index contributed by atoms with van der Waals surface area (Å²) in [5.41, 5.74) is 1.73. The molecule has 1 aromatic carbocycles. The van der Waals surface area contributed by atoms with Crippen LogP contribution in [0.15, 0.2) is 34.9 Å². The van der Waals surface area contributed by atoms with Crippen molar-refractivity contribution in [3.05, 3.63) is 52.2 Å². The monoisotopic (exact) mass is 342 g/mol. The smallest absolute Gasteiger partial charge is 0.125 e. The van der Waals surface area contributed by atoms with Gasteiger partial charge in [0.25, 0.3) is 0 Å². The molecule has 1 unspecified atom stereocenters. The summed E-state index contributed by atoms with van der Waals surface area (Å²) in [7, 11) is 0. The standard InChI is InChI=1S/C15H13Cl3N2O/c1-9(5-10-3-2-4-21-10)20-14-7-12(18)11(17)6-13(14)19-15(20)8-16/h2-4,6-7,9H,5,8H2,1H3. The molecule has 2 heterocycles. The predicted octanol–water partition coefficient (Wildman–Crippen LogP) is 5.48. The van der Waals surface area contributed by atoms with Crippen molar-refractivity contribution in [3.8, 4) is 0 Å². The third-order valence-electron chi connectivity index (χ3n) is 3.44. The van der Waals surface area contributed by atoms with Crippen LogP contribution in [0, 0.1) is 0 Å². The van der Waals surface area contributed by atoms with Crippen molar-refractivity contribution in [1.29, 1.82) is 0 Å². The topological polar surface area (TPSA) is 31.0 Å². The first-order valence-corrected chi connectivity index (χ1v) is 7.83. The molecule has 0 aliphatic carbocycles. The lowest BCUT2D eigenvalue weighted by Crippen LogP contribution is -2.10. The summed E-state index contributed by atoms with van der Waals surface area (Å²) in [4.78, 5) is 4.54. The Hall–Kier alpha value is -1.16. The third kappa shape index (κ3) is 2.78. The Labute approximate surface area is 137 Å². The molecule has 110 valence electrons. The second-order valence-electron chi connectivity index (χ2n) is 4.92. The molecule has 0 aliphatic heterocycles. The van der Waals surface area contributed by atoms with E-state index in [-0.39, 0.29) is 6.04 Å². The largest absolute Gasteiger partial charge is 0.469 e. The molecular formula is C15H13Cl3N2O. The Morgan fingerprint density at radius 3 is 2.71 bits per heavy atom. The number of furan rings is 1. The summed E-state index contributed by atoms with van der Waals surface area (Å²) < 4.78 is 7.51. The van der Waals surface area contributed by atoms with Crippen LogP contribution in [0.2, 0.25) is 10.0 Å². The van der Waals surface area contributed by atoms with Crippen LogP contribution in [-0.4, -0.2) is 9.55 Å². The fourth-order valence-corrected chi connectivity index (χ4v) is 3.04.